The predicted octanol–water partition coefficient (Wildman–Crippen LogP) is 3.30. The van der Waals surface area contributed by atoms with E-state index in [9.17, 15) is 9.59 Å². The first kappa shape index (κ1) is 19.3. The van der Waals surface area contributed by atoms with Gasteiger partial charge < -0.3 is 19.9 Å². The van der Waals surface area contributed by atoms with Crippen molar-refractivity contribution in [3.05, 3.63) is 52.8 Å². The first-order valence-corrected chi connectivity index (χ1v) is 10.1. The highest BCUT2D eigenvalue weighted by molar-refractivity contribution is 6.34. The molecular weight excluding hydrogens is 368 g/mol. The van der Waals surface area contributed by atoms with Crippen molar-refractivity contribution in [2.75, 3.05) is 31.6 Å². The Hall–Kier alpha value is -3.06. The second-order valence-corrected chi connectivity index (χ2v) is 7.33. The van der Waals surface area contributed by atoms with Crippen LogP contribution in [0, 0.1) is 0 Å². The third-order valence-corrected chi connectivity index (χ3v) is 5.44. The molecule has 7 nitrogen and oxygen atoms in total. The van der Waals surface area contributed by atoms with E-state index in [1.807, 2.05) is 30.3 Å². The predicted molar refractivity (Wildman–Crippen MR) is 112 cm³/mol. The quantitative estimate of drug-likeness (QED) is 0.707. The van der Waals surface area contributed by atoms with Gasteiger partial charge in [0.25, 0.3) is 5.91 Å². The summed E-state index contributed by atoms with van der Waals surface area (Å²) in [5.74, 6) is -0.113. The second-order valence-electron chi connectivity index (χ2n) is 7.33. The molecule has 0 atom stereocenters. The van der Waals surface area contributed by atoms with Crippen LogP contribution in [0.4, 0.5) is 10.5 Å². The van der Waals surface area contributed by atoms with E-state index >= 15 is 0 Å². The molecule has 2 aliphatic heterocycles. The molecule has 0 bridgehead atoms. The molecule has 0 saturated carbocycles. The minimum atomic E-state index is -0.289. The number of carbonyl (C=O) groups excluding carboxylic acids is 2. The number of cyclic esters (lactones) is 1. The van der Waals surface area contributed by atoms with E-state index < -0.39 is 0 Å². The number of hydrogen-bond donors (Lipinski definition) is 2. The summed E-state index contributed by atoms with van der Waals surface area (Å²) in [6.45, 7) is 8.64. The molecule has 2 aromatic rings. The minimum Gasteiger partial charge on any atom is -0.448 e. The molecule has 152 valence electrons. The number of aromatic nitrogens is 1. The Morgan fingerprint density at radius 2 is 2.00 bits per heavy atom. The molecule has 1 aromatic heterocycles. The molecule has 1 aromatic carbocycles. The SMILES string of the molecule is CCN(CC)Cc1ccc(C=C2C(=O)Nc3ccc(CN4CCOC4=O)cc32)[nH]1. The monoisotopic (exact) mass is 394 g/mol. The lowest BCUT2D eigenvalue weighted by atomic mass is 10.0. The number of hydrogen-bond acceptors (Lipinski definition) is 4. The number of benzene rings is 1. The Labute approximate surface area is 170 Å². The van der Waals surface area contributed by atoms with Crippen molar-refractivity contribution in [1.29, 1.82) is 0 Å². The van der Waals surface area contributed by atoms with Gasteiger partial charge in [0.05, 0.1) is 12.1 Å². The van der Waals surface area contributed by atoms with Gasteiger partial charge in [-0.05, 0) is 49.0 Å². The van der Waals surface area contributed by atoms with E-state index in [2.05, 4.69) is 35.1 Å². The van der Waals surface area contributed by atoms with Gasteiger partial charge in [-0.25, -0.2) is 4.79 Å². The minimum absolute atomic E-state index is 0.113. The van der Waals surface area contributed by atoms with E-state index in [-0.39, 0.29) is 12.0 Å². The molecule has 0 unspecified atom stereocenters. The van der Waals surface area contributed by atoms with Gasteiger partial charge in [0, 0.05) is 35.7 Å². The molecule has 1 fully saturated rings. The van der Waals surface area contributed by atoms with Crippen LogP contribution in [0.3, 0.4) is 0 Å². The fraction of sp³-hybridized carbons (Fsp3) is 0.364. The first-order valence-electron chi connectivity index (χ1n) is 10.1. The molecule has 4 rings (SSSR count). The van der Waals surface area contributed by atoms with Gasteiger partial charge in [-0.15, -0.1) is 0 Å². The maximum atomic E-state index is 12.5. The molecule has 1 saturated heterocycles. The Morgan fingerprint density at radius 1 is 1.17 bits per heavy atom. The van der Waals surface area contributed by atoms with Crippen LogP contribution in [0.25, 0.3) is 11.6 Å². The number of nitrogens with one attached hydrogen (secondary N) is 2. The van der Waals surface area contributed by atoms with E-state index in [4.69, 9.17) is 4.74 Å². The van der Waals surface area contributed by atoms with Crippen LogP contribution in [-0.4, -0.2) is 53.0 Å². The summed E-state index contributed by atoms with van der Waals surface area (Å²) in [6, 6.07) is 9.87. The van der Waals surface area contributed by atoms with Crippen molar-refractivity contribution < 1.29 is 14.3 Å². The van der Waals surface area contributed by atoms with Crippen molar-refractivity contribution in [2.24, 2.45) is 0 Å². The summed E-state index contributed by atoms with van der Waals surface area (Å²) in [6.07, 6.45) is 1.60. The van der Waals surface area contributed by atoms with Gasteiger partial charge in [-0.3, -0.25) is 9.69 Å². The Morgan fingerprint density at radius 3 is 2.72 bits per heavy atom. The van der Waals surface area contributed by atoms with Gasteiger partial charge in [0.1, 0.15) is 6.61 Å². The average Bonchev–Trinajstić information content (AvgIpc) is 3.41. The van der Waals surface area contributed by atoms with Crippen molar-refractivity contribution in [1.82, 2.24) is 14.8 Å². The molecule has 29 heavy (non-hydrogen) atoms. The summed E-state index contributed by atoms with van der Waals surface area (Å²) in [5, 5.41) is 2.92. The van der Waals surface area contributed by atoms with Crippen molar-refractivity contribution >= 4 is 29.3 Å². The van der Waals surface area contributed by atoms with Gasteiger partial charge >= 0.3 is 6.09 Å². The summed E-state index contributed by atoms with van der Waals surface area (Å²) in [4.78, 5) is 31.6. The van der Waals surface area contributed by atoms with Gasteiger partial charge in [0.2, 0.25) is 0 Å². The molecule has 2 aliphatic rings. The van der Waals surface area contributed by atoms with Crippen LogP contribution in [0.1, 0.15) is 36.4 Å². The van der Waals surface area contributed by atoms with E-state index in [1.165, 1.54) is 0 Å². The molecule has 0 aliphatic carbocycles. The highest BCUT2D eigenvalue weighted by atomic mass is 16.6. The van der Waals surface area contributed by atoms with E-state index in [0.717, 1.165) is 47.8 Å². The normalized spacial score (nSPS) is 17.2. The Balaban J connectivity index is 1.56. The van der Waals surface area contributed by atoms with E-state index in [1.54, 1.807) is 4.90 Å². The summed E-state index contributed by atoms with van der Waals surface area (Å²) >= 11 is 0. The number of amides is 2. The van der Waals surface area contributed by atoms with Crippen LogP contribution in [0.15, 0.2) is 30.3 Å². The van der Waals surface area contributed by atoms with Crippen LogP contribution in [-0.2, 0) is 22.6 Å². The Bertz CT molecular complexity index is 959. The number of rotatable bonds is 7. The molecule has 3 heterocycles. The van der Waals surface area contributed by atoms with Gasteiger partial charge in [-0.1, -0.05) is 19.9 Å². The molecule has 0 radical (unpaired) electrons. The van der Waals surface area contributed by atoms with Crippen molar-refractivity contribution in [3.63, 3.8) is 0 Å². The summed E-state index contributed by atoms with van der Waals surface area (Å²) < 4.78 is 4.99. The zero-order valence-corrected chi connectivity index (χ0v) is 16.8. The lowest BCUT2D eigenvalue weighted by Gasteiger charge is -2.16. The first-order chi connectivity index (χ1) is 14.1. The zero-order chi connectivity index (χ0) is 20.4. The second kappa shape index (κ2) is 8.13. The van der Waals surface area contributed by atoms with Crippen LogP contribution >= 0.6 is 0 Å². The number of H-pyrrole nitrogens is 1. The van der Waals surface area contributed by atoms with Gasteiger partial charge in [0.15, 0.2) is 0 Å². The number of nitrogens with zero attached hydrogens (tertiary/aromatic N) is 2. The fourth-order valence-electron chi connectivity index (χ4n) is 3.75. The highest BCUT2D eigenvalue weighted by Gasteiger charge is 2.26. The zero-order valence-electron chi connectivity index (χ0n) is 16.8. The molecule has 2 N–H and O–H groups in total. The lowest BCUT2D eigenvalue weighted by molar-refractivity contribution is -0.110. The number of carbonyl (C=O) groups is 2. The molecule has 7 heteroatoms. The lowest BCUT2D eigenvalue weighted by Crippen LogP contribution is -2.23. The van der Waals surface area contributed by atoms with Crippen LogP contribution in [0.5, 0.6) is 0 Å². The average molecular weight is 394 g/mol. The number of anilines is 1. The topological polar surface area (TPSA) is 77.7 Å². The third-order valence-electron chi connectivity index (χ3n) is 5.44. The van der Waals surface area contributed by atoms with Crippen LogP contribution in [0.2, 0.25) is 0 Å². The van der Waals surface area contributed by atoms with E-state index in [0.29, 0.717) is 25.3 Å². The largest absolute Gasteiger partial charge is 0.448 e. The Kier molecular flexibility index (Phi) is 5.40. The molecule has 2 amide bonds. The standard InChI is InChI=1S/C22H26N4O3/c1-3-25(4-2)14-17-7-6-16(23-17)12-19-18-11-15(5-8-20(18)24-21(19)27)13-26-9-10-29-22(26)28/h5-8,11-12,23H,3-4,9-10,13-14H2,1-2H3,(H,24,27). The molecule has 0 spiro atoms. The van der Waals surface area contributed by atoms with Gasteiger partial charge in [-0.2, -0.15) is 0 Å². The third kappa shape index (κ3) is 4.05. The molecular formula is C22H26N4O3. The van der Waals surface area contributed by atoms with Crippen molar-refractivity contribution in [3.8, 4) is 0 Å². The number of aromatic amines is 1. The van der Waals surface area contributed by atoms with Crippen molar-refractivity contribution in [2.45, 2.75) is 26.9 Å². The van der Waals surface area contributed by atoms with Crippen LogP contribution < -0.4 is 5.32 Å². The maximum absolute atomic E-state index is 12.5. The highest BCUT2D eigenvalue weighted by Crippen LogP contribution is 2.34. The summed E-state index contributed by atoms with van der Waals surface area (Å²) in [7, 11) is 0. The number of fused-ring (bicyclic) bond motifs is 1. The smallest absolute Gasteiger partial charge is 0.410 e. The maximum Gasteiger partial charge on any atom is 0.410 e. The number of ether oxygens (including phenoxy) is 1. The summed E-state index contributed by atoms with van der Waals surface area (Å²) in [5.41, 5.74) is 5.28. The fourth-order valence-corrected chi connectivity index (χ4v) is 3.75.